The van der Waals surface area contributed by atoms with E-state index in [0.717, 1.165) is 11.6 Å². The van der Waals surface area contributed by atoms with Crippen LogP contribution < -0.4 is 14.9 Å². The molecule has 4 rings (SSSR count). The molecule has 1 amide bonds. The first-order chi connectivity index (χ1) is 15.5. The molecule has 1 aliphatic heterocycles. The fourth-order valence-corrected chi connectivity index (χ4v) is 4.05. The quantitative estimate of drug-likeness (QED) is 0.287. The lowest BCUT2D eigenvalue weighted by Crippen LogP contribution is -2.51. The third-order valence-electron chi connectivity index (χ3n) is 5.42. The molecule has 3 aromatic rings. The van der Waals surface area contributed by atoms with Crippen LogP contribution in [0, 0.1) is 30.2 Å². The van der Waals surface area contributed by atoms with Crippen molar-refractivity contribution < 1.29 is 35.9 Å². The normalized spacial score (nSPS) is 14.8. The topological polar surface area (TPSA) is 29.5 Å². The van der Waals surface area contributed by atoms with Gasteiger partial charge in [-0.15, -0.1) is 9.24 Å². The average molecular weight is 483 g/mol. The van der Waals surface area contributed by atoms with Crippen LogP contribution in [0.2, 0.25) is 0 Å². The van der Waals surface area contributed by atoms with Gasteiger partial charge in [0.05, 0.1) is 5.69 Å². The van der Waals surface area contributed by atoms with Gasteiger partial charge in [0, 0.05) is 23.7 Å². The predicted octanol–water partition coefficient (Wildman–Crippen LogP) is 5.28. The highest BCUT2D eigenvalue weighted by molar-refractivity contribution is 7.28. The van der Waals surface area contributed by atoms with Gasteiger partial charge in [0.15, 0.2) is 23.2 Å². The maximum absolute atomic E-state index is 14.9. The Bertz CT molecular complexity index is 1240. The van der Waals surface area contributed by atoms with E-state index in [4.69, 9.17) is 0 Å². The van der Waals surface area contributed by atoms with Gasteiger partial charge < -0.3 is 4.74 Å². The van der Waals surface area contributed by atoms with Gasteiger partial charge in [-0.25, -0.2) is 17.6 Å². The minimum atomic E-state index is -4.24. The first kappa shape index (κ1) is 23.1. The van der Waals surface area contributed by atoms with E-state index in [1.54, 1.807) is 30.3 Å². The van der Waals surface area contributed by atoms with E-state index < -0.39 is 52.2 Å². The Hall–Kier alpha value is -3.06. The van der Waals surface area contributed by atoms with Gasteiger partial charge in [0.2, 0.25) is 0 Å². The molecule has 0 saturated heterocycles. The number of carbonyl (C=O) groups is 1. The molecule has 1 aliphatic rings. The number of halogens is 6. The maximum Gasteiger partial charge on any atom is 0.482 e. The largest absolute Gasteiger partial charge is 0.482 e. The van der Waals surface area contributed by atoms with Crippen LogP contribution in [-0.4, -0.2) is 18.6 Å². The Morgan fingerprint density at radius 1 is 1.00 bits per heavy atom. The fraction of sp³-hybridized carbons (Fsp3) is 0.174. The molecule has 0 aliphatic carbocycles. The number of hydrogen-bond acceptors (Lipinski definition) is 2. The van der Waals surface area contributed by atoms with Gasteiger partial charge in [0.1, 0.15) is 5.82 Å². The van der Waals surface area contributed by atoms with E-state index in [2.05, 4.69) is 4.74 Å². The second kappa shape index (κ2) is 8.37. The van der Waals surface area contributed by atoms with Gasteiger partial charge in [-0.1, -0.05) is 30.3 Å². The number of anilines is 1. The van der Waals surface area contributed by atoms with Crippen molar-refractivity contribution in [1.82, 2.24) is 0 Å². The van der Waals surface area contributed by atoms with Crippen LogP contribution in [-0.2, 0) is 11.2 Å². The number of nitrogens with zero attached hydrogens (tertiary/aromatic N) is 1. The molecule has 0 spiro atoms. The number of ether oxygens (including phenoxy) is 1. The van der Waals surface area contributed by atoms with Gasteiger partial charge in [-0.05, 0) is 35.8 Å². The third-order valence-corrected chi connectivity index (χ3v) is 6.14. The van der Waals surface area contributed by atoms with Crippen molar-refractivity contribution in [3.63, 3.8) is 0 Å². The van der Waals surface area contributed by atoms with Crippen molar-refractivity contribution in [2.24, 2.45) is 0 Å². The van der Waals surface area contributed by atoms with Crippen molar-refractivity contribution in [2.45, 2.75) is 19.5 Å². The van der Waals surface area contributed by atoms with Crippen LogP contribution in [0.25, 0.3) is 11.1 Å². The Balaban J connectivity index is 1.86. The summed E-state index contributed by atoms with van der Waals surface area (Å²) in [7, 11) is 2.02. The van der Waals surface area contributed by atoms with E-state index in [9.17, 15) is 31.1 Å². The van der Waals surface area contributed by atoms with Gasteiger partial charge >= 0.3 is 12.0 Å². The maximum atomic E-state index is 14.9. The molecule has 3 nitrogen and oxygen atoms in total. The number of benzene rings is 3. The summed E-state index contributed by atoms with van der Waals surface area (Å²) in [5.74, 6) is -8.41. The SMILES string of the molecule is Cc1c(F)c(F)c(F)c(-c2cc3c(cc2F)OC(F)(F)C(=O)N3CCc2ccccc2)c1P. The second-order valence-electron chi connectivity index (χ2n) is 7.47. The number of rotatable bonds is 4. The molecule has 1 atom stereocenters. The summed E-state index contributed by atoms with van der Waals surface area (Å²) in [5, 5.41) is -0.158. The summed E-state index contributed by atoms with van der Waals surface area (Å²) >= 11 is 0. The molecule has 0 aromatic heterocycles. The lowest BCUT2D eigenvalue weighted by Gasteiger charge is -2.34. The second-order valence-corrected chi connectivity index (χ2v) is 8.04. The Morgan fingerprint density at radius 2 is 1.67 bits per heavy atom. The Morgan fingerprint density at radius 3 is 2.33 bits per heavy atom. The molecule has 0 radical (unpaired) electrons. The molecule has 3 aromatic carbocycles. The van der Waals surface area contributed by atoms with Crippen LogP contribution in [0.5, 0.6) is 5.75 Å². The Labute approximate surface area is 187 Å². The van der Waals surface area contributed by atoms with E-state index in [1.165, 1.54) is 6.92 Å². The van der Waals surface area contributed by atoms with Gasteiger partial charge in [0.25, 0.3) is 0 Å². The summed E-state index contributed by atoms with van der Waals surface area (Å²) in [6.07, 6.45) is -4.06. The number of fused-ring (bicyclic) bond motifs is 1. The van der Waals surface area contributed by atoms with Crippen LogP contribution in [0.3, 0.4) is 0 Å². The summed E-state index contributed by atoms with van der Waals surface area (Å²) in [5.41, 5.74) is -0.914. The van der Waals surface area contributed by atoms with Crippen LogP contribution in [0.4, 0.5) is 32.0 Å². The highest BCUT2D eigenvalue weighted by Crippen LogP contribution is 2.43. The zero-order valence-electron chi connectivity index (χ0n) is 17.1. The summed E-state index contributed by atoms with van der Waals surface area (Å²) in [4.78, 5) is 13.1. The lowest BCUT2D eigenvalue weighted by atomic mass is 9.99. The molecule has 1 heterocycles. The minimum absolute atomic E-state index is 0.158. The lowest BCUT2D eigenvalue weighted by molar-refractivity contribution is -0.192. The molecular formula is C23H16F6NO2P. The van der Waals surface area contributed by atoms with Crippen molar-refractivity contribution in [3.8, 4) is 16.9 Å². The molecule has 0 N–H and O–H groups in total. The van der Waals surface area contributed by atoms with E-state index in [1.807, 2.05) is 9.24 Å². The summed E-state index contributed by atoms with van der Waals surface area (Å²) in [6.45, 7) is 0.965. The number of alkyl halides is 2. The highest BCUT2D eigenvalue weighted by atomic mass is 31.0. The summed E-state index contributed by atoms with van der Waals surface area (Å²) in [6, 6.07) is 10.2. The van der Waals surface area contributed by atoms with E-state index in [-0.39, 0.29) is 29.5 Å². The fourth-order valence-electron chi connectivity index (χ4n) is 3.64. The van der Waals surface area contributed by atoms with E-state index in [0.29, 0.717) is 11.0 Å². The first-order valence-electron chi connectivity index (χ1n) is 9.72. The number of hydrogen-bond donors (Lipinski definition) is 0. The van der Waals surface area contributed by atoms with Gasteiger partial charge in [-0.3, -0.25) is 9.69 Å². The molecule has 0 saturated carbocycles. The van der Waals surface area contributed by atoms with Crippen molar-refractivity contribution in [3.05, 3.63) is 76.9 Å². The number of amides is 1. The zero-order chi connectivity index (χ0) is 24.1. The van der Waals surface area contributed by atoms with Crippen LogP contribution in [0.1, 0.15) is 11.1 Å². The molecule has 33 heavy (non-hydrogen) atoms. The van der Waals surface area contributed by atoms with E-state index >= 15 is 0 Å². The van der Waals surface area contributed by atoms with Crippen LogP contribution in [0.15, 0.2) is 42.5 Å². The van der Waals surface area contributed by atoms with Crippen LogP contribution >= 0.6 is 9.24 Å². The molecule has 1 unspecified atom stereocenters. The number of carbonyl (C=O) groups excluding carboxylic acids is 1. The standard InChI is InChI=1S/C23H16F6NO2P/c1-11-18(25)20(27)19(26)17(21(11)33)13-9-15-16(10-14(13)24)32-23(28,29)22(31)30(15)8-7-12-5-3-2-4-6-12/h2-6,9-10H,7-8,33H2,1H3. The summed E-state index contributed by atoms with van der Waals surface area (Å²) < 4.78 is 90.3. The molecule has 0 fully saturated rings. The third kappa shape index (κ3) is 3.95. The first-order valence-corrected chi connectivity index (χ1v) is 10.3. The predicted molar refractivity (Wildman–Crippen MR) is 114 cm³/mol. The molecular weight excluding hydrogens is 467 g/mol. The Kier molecular flexibility index (Phi) is 5.86. The van der Waals surface area contributed by atoms with Gasteiger partial charge in [-0.2, -0.15) is 8.78 Å². The highest BCUT2D eigenvalue weighted by Gasteiger charge is 2.50. The van der Waals surface area contributed by atoms with Crippen molar-refractivity contribution in [2.75, 3.05) is 11.4 Å². The minimum Gasteiger partial charge on any atom is -0.423 e. The smallest absolute Gasteiger partial charge is 0.423 e. The molecule has 10 heteroatoms. The van der Waals surface area contributed by atoms with Crippen molar-refractivity contribution in [1.29, 1.82) is 0 Å². The monoisotopic (exact) mass is 483 g/mol. The van der Waals surface area contributed by atoms with Crippen molar-refractivity contribution >= 4 is 26.1 Å². The molecule has 172 valence electrons. The average Bonchev–Trinajstić information content (AvgIpc) is 2.78. The molecule has 0 bridgehead atoms. The zero-order valence-corrected chi connectivity index (χ0v) is 18.2.